The minimum Gasteiger partial charge on any atom is -0.355 e. The normalized spacial score (nSPS) is 17.8. The van der Waals surface area contributed by atoms with Gasteiger partial charge in [-0.1, -0.05) is 0 Å². The SMILES string of the molecule is O=S(=O)(c1ccc(F)c(-c2nn[nH]n2)c1)N1CCN(c2ccc(N3CCCC3)nn2)CC1. The predicted molar refractivity (Wildman–Crippen MR) is 114 cm³/mol. The topological polar surface area (TPSA) is 124 Å². The minimum atomic E-state index is -3.80. The Labute approximate surface area is 184 Å². The second-order valence-electron chi connectivity index (χ2n) is 7.71. The van der Waals surface area contributed by atoms with Crippen LogP contribution in [0.5, 0.6) is 0 Å². The zero-order chi connectivity index (χ0) is 22.1. The van der Waals surface area contributed by atoms with Crippen LogP contribution in [0, 0.1) is 5.82 Å². The molecule has 5 rings (SSSR count). The maximum absolute atomic E-state index is 14.2. The third kappa shape index (κ3) is 3.88. The molecular formula is C19H22FN9O2S. The van der Waals surface area contributed by atoms with Crippen molar-refractivity contribution in [2.45, 2.75) is 17.7 Å². The van der Waals surface area contributed by atoms with E-state index in [0.717, 1.165) is 30.8 Å². The number of nitrogens with one attached hydrogen (secondary N) is 1. The number of H-pyrrole nitrogens is 1. The van der Waals surface area contributed by atoms with E-state index in [0.29, 0.717) is 13.1 Å². The van der Waals surface area contributed by atoms with Gasteiger partial charge in [-0.15, -0.1) is 20.4 Å². The number of halogens is 1. The molecule has 0 spiro atoms. The molecule has 1 N–H and O–H groups in total. The van der Waals surface area contributed by atoms with E-state index >= 15 is 0 Å². The summed E-state index contributed by atoms with van der Waals surface area (Å²) in [5, 5.41) is 21.8. The number of tetrazole rings is 1. The summed E-state index contributed by atoms with van der Waals surface area (Å²) in [6, 6.07) is 7.50. The summed E-state index contributed by atoms with van der Waals surface area (Å²) in [5.41, 5.74) is -0.0215. The molecule has 0 radical (unpaired) electrons. The Balaban J connectivity index is 1.28. The molecule has 1 aromatic carbocycles. The summed E-state index contributed by atoms with van der Waals surface area (Å²) in [6.07, 6.45) is 2.34. The molecule has 2 aromatic heterocycles. The van der Waals surface area contributed by atoms with Crippen LogP contribution < -0.4 is 9.80 Å². The summed E-state index contributed by atoms with van der Waals surface area (Å²) >= 11 is 0. The largest absolute Gasteiger partial charge is 0.355 e. The molecule has 0 atom stereocenters. The van der Waals surface area contributed by atoms with Crippen LogP contribution in [0.25, 0.3) is 11.4 Å². The van der Waals surface area contributed by atoms with Crippen LogP contribution in [0.4, 0.5) is 16.0 Å². The van der Waals surface area contributed by atoms with E-state index < -0.39 is 15.8 Å². The molecule has 168 valence electrons. The molecule has 0 aliphatic carbocycles. The number of nitrogens with zero attached hydrogens (tertiary/aromatic N) is 8. The second kappa shape index (κ2) is 8.39. The van der Waals surface area contributed by atoms with Gasteiger partial charge in [0, 0.05) is 39.3 Å². The standard InChI is InChI=1S/C19H22FN9O2S/c20-16-4-3-14(13-15(16)19-23-25-26-24-19)32(30,31)29-11-9-28(10-12-29)18-6-5-17(21-22-18)27-7-1-2-8-27/h3-6,13H,1-2,7-12H2,(H,23,24,25,26). The maximum Gasteiger partial charge on any atom is 0.243 e. The van der Waals surface area contributed by atoms with Gasteiger partial charge in [-0.05, 0) is 48.4 Å². The summed E-state index contributed by atoms with van der Waals surface area (Å²) in [5.74, 6) is 0.985. The van der Waals surface area contributed by atoms with E-state index in [4.69, 9.17) is 0 Å². The molecule has 2 aliphatic heterocycles. The van der Waals surface area contributed by atoms with Crippen molar-refractivity contribution in [1.82, 2.24) is 35.1 Å². The van der Waals surface area contributed by atoms with Gasteiger partial charge in [0.1, 0.15) is 5.82 Å². The van der Waals surface area contributed by atoms with Crippen molar-refractivity contribution in [2.24, 2.45) is 0 Å². The van der Waals surface area contributed by atoms with E-state index in [9.17, 15) is 12.8 Å². The average molecular weight is 460 g/mol. The Kier molecular flexibility index (Phi) is 5.43. The molecule has 4 heterocycles. The van der Waals surface area contributed by atoms with Gasteiger partial charge < -0.3 is 9.80 Å². The van der Waals surface area contributed by atoms with Gasteiger partial charge in [-0.2, -0.15) is 9.52 Å². The molecule has 32 heavy (non-hydrogen) atoms. The lowest BCUT2D eigenvalue weighted by Gasteiger charge is -2.34. The average Bonchev–Trinajstić information content (AvgIpc) is 3.54. The molecule has 13 heteroatoms. The van der Waals surface area contributed by atoms with Gasteiger partial charge >= 0.3 is 0 Å². The van der Waals surface area contributed by atoms with Crippen molar-refractivity contribution >= 4 is 21.7 Å². The molecule has 0 saturated carbocycles. The van der Waals surface area contributed by atoms with Crippen LogP contribution in [-0.2, 0) is 10.0 Å². The minimum absolute atomic E-state index is 0.000297. The number of rotatable bonds is 5. The van der Waals surface area contributed by atoms with Crippen LogP contribution in [0.3, 0.4) is 0 Å². The van der Waals surface area contributed by atoms with Gasteiger partial charge in [-0.3, -0.25) is 0 Å². The first kappa shape index (κ1) is 20.7. The van der Waals surface area contributed by atoms with Gasteiger partial charge in [-0.25, -0.2) is 12.8 Å². The number of piperazine rings is 1. The van der Waals surface area contributed by atoms with E-state index in [1.807, 2.05) is 17.0 Å². The number of aromatic amines is 1. The molecule has 11 nitrogen and oxygen atoms in total. The Morgan fingerprint density at radius 3 is 2.09 bits per heavy atom. The number of anilines is 2. The highest BCUT2D eigenvalue weighted by atomic mass is 32.2. The van der Waals surface area contributed by atoms with Crippen molar-refractivity contribution in [2.75, 3.05) is 49.1 Å². The lowest BCUT2D eigenvalue weighted by Crippen LogP contribution is -2.49. The molecule has 0 amide bonds. The third-order valence-corrected chi connectivity index (χ3v) is 7.69. The van der Waals surface area contributed by atoms with E-state index in [2.05, 4.69) is 35.7 Å². The molecule has 0 unspecified atom stereocenters. The van der Waals surface area contributed by atoms with Crippen molar-refractivity contribution in [3.8, 4) is 11.4 Å². The van der Waals surface area contributed by atoms with Crippen LogP contribution in [0.1, 0.15) is 12.8 Å². The van der Waals surface area contributed by atoms with Crippen molar-refractivity contribution in [3.63, 3.8) is 0 Å². The lowest BCUT2D eigenvalue weighted by atomic mass is 10.2. The zero-order valence-corrected chi connectivity index (χ0v) is 18.0. The Bertz CT molecular complexity index is 1170. The van der Waals surface area contributed by atoms with Gasteiger partial charge in [0.25, 0.3) is 0 Å². The zero-order valence-electron chi connectivity index (χ0n) is 17.2. The van der Waals surface area contributed by atoms with E-state index in [1.54, 1.807) is 0 Å². The van der Waals surface area contributed by atoms with Crippen LogP contribution >= 0.6 is 0 Å². The summed E-state index contributed by atoms with van der Waals surface area (Å²) < 4.78 is 41.9. The first-order valence-electron chi connectivity index (χ1n) is 10.4. The van der Waals surface area contributed by atoms with Crippen LogP contribution in [0.15, 0.2) is 35.2 Å². The Morgan fingerprint density at radius 1 is 0.844 bits per heavy atom. The summed E-state index contributed by atoms with van der Waals surface area (Å²) in [6.45, 7) is 3.54. The monoisotopic (exact) mass is 459 g/mol. The first-order valence-corrected chi connectivity index (χ1v) is 11.8. The number of benzene rings is 1. The number of aromatic nitrogens is 6. The van der Waals surface area contributed by atoms with Crippen molar-refractivity contribution in [3.05, 3.63) is 36.1 Å². The molecule has 2 aliphatic rings. The fourth-order valence-corrected chi connectivity index (χ4v) is 5.47. The van der Waals surface area contributed by atoms with E-state index in [-0.39, 0.29) is 29.4 Å². The molecule has 2 fully saturated rings. The number of hydrogen-bond donors (Lipinski definition) is 1. The van der Waals surface area contributed by atoms with Crippen molar-refractivity contribution in [1.29, 1.82) is 0 Å². The van der Waals surface area contributed by atoms with Crippen LogP contribution in [-0.4, -0.2) is 82.8 Å². The number of hydrogen-bond acceptors (Lipinski definition) is 9. The van der Waals surface area contributed by atoms with Crippen molar-refractivity contribution < 1.29 is 12.8 Å². The van der Waals surface area contributed by atoms with Gasteiger partial charge in [0.05, 0.1) is 10.5 Å². The molecule has 2 saturated heterocycles. The quantitative estimate of drug-likeness (QED) is 0.593. The fourth-order valence-electron chi connectivity index (χ4n) is 4.02. The van der Waals surface area contributed by atoms with Crippen LogP contribution in [0.2, 0.25) is 0 Å². The highest BCUT2D eigenvalue weighted by Gasteiger charge is 2.30. The lowest BCUT2D eigenvalue weighted by molar-refractivity contribution is 0.383. The fraction of sp³-hybridized carbons (Fsp3) is 0.421. The second-order valence-corrected chi connectivity index (χ2v) is 9.65. The summed E-state index contributed by atoms with van der Waals surface area (Å²) in [4.78, 5) is 4.22. The van der Waals surface area contributed by atoms with Gasteiger partial charge in [0.2, 0.25) is 15.8 Å². The summed E-state index contributed by atoms with van der Waals surface area (Å²) in [7, 11) is -3.80. The Hall–Kier alpha value is -3.19. The highest BCUT2D eigenvalue weighted by molar-refractivity contribution is 7.89. The van der Waals surface area contributed by atoms with Gasteiger partial charge in [0.15, 0.2) is 11.6 Å². The Morgan fingerprint density at radius 2 is 1.50 bits per heavy atom. The smallest absolute Gasteiger partial charge is 0.243 e. The maximum atomic E-state index is 14.2. The van der Waals surface area contributed by atoms with E-state index in [1.165, 1.54) is 29.3 Å². The molecular weight excluding hydrogens is 437 g/mol. The molecule has 0 bridgehead atoms. The number of sulfonamides is 1. The third-order valence-electron chi connectivity index (χ3n) is 5.79. The molecule has 3 aromatic rings. The highest BCUT2D eigenvalue weighted by Crippen LogP contribution is 2.26. The first-order chi connectivity index (χ1) is 15.5. The predicted octanol–water partition coefficient (Wildman–Crippen LogP) is 0.907.